The maximum absolute atomic E-state index is 13.4. The summed E-state index contributed by atoms with van der Waals surface area (Å²) in [6, 6.07) is 9.40. The number of phenols is 1. The number of rotatable bonds is 9. The smallest absolute Gasteiger partial charge is 0.416 e. The molecule has 4 rings (SSSR count). The van der Waals surface area contributed by atoms with Crippen molar-refractivity contribution in [2.45, 2.75) is 59.1 Å². The molecule has 0 saturated carbocycles. The molecule has 2 aliphatic heterocycles. The van der Waals surface area contributed by atoms with Gasteiger partial charge in [-0.3, -0.25) is 4.79 Å². The summed E-state index contributed by atoms with van der Waals surface area (Å²) in [6.45, 7) is 5.98. The van der Waals surface area contributed by atoms with Crippen LogP contribution in [0.1, 0.15) is 59.3 Å². The number of hydrogen-bond acceptors (Lipinski definition) is 7. The number of methoxy groups -OCH3 is 1. The third-order valence-corrected chi connectivity index (χ3v) is 7.23. The van der Waals surface area contributed by atoms with E-state index < -0.39 is 18.0 Å². The second-order valence-corrected chi connectivity index (χ2v) is 9.61. The minimum absolute atomic E-state index is 0.115. The first-order valence-corrected chi connectivity index (χ1v) is 12.5. The van der Waals surface area contributed by atoms with Gasteiger partial charge in [-0.05, 0) is 50.7 Å². The minimum Gasteiger partial charge on any atom is -0.507 e. The Kier molecular flexibility index (Phi) is 7.86. The number of imide groups is 1. The molecular weight excluding hydrogens is 474 g/mol. The van der Waals surface area contributed by atoms with E-state index >= 15 is 0 Å². The van der Waals surface area contributed by atoms with Crippen LogP contribution in [0.15, 0.2) is 42.0 Å². The highest BCUT2D eigenvalue weighted by molar-refractivity contribution is 5.98. The molecule has 0 aromatic heterocycles. The molecule has 2 aromatic rings. The highest BCUT2D eigenvalue weighted by Crippen LogP contribution is 2.42. The third kappa shape index (κ3) is 5.19. The summed E-state index contributed by atoms with van der Waals surface area (Å²) in [7, 11) is 1.53. The van der Waals surface area contributed by atoms with E-state index in [9.17, 15) is 19.5 Å². The van der Waals surface area contributed by atoms with Gasteiger partial charge in [0, 0.05) is 17.0 Å². The summed E-state index contributed by atoms with van der Waals surface area (Å²) >= 11 is 0. The number of amides is 2. The molecule has 8 nitrogen and oxygen atoms in total. The molecule has 2 unspecified atom stereocenters. The molecule has 37 heavy (non-hydrogen) atoms. The Morgan fingerprint density at radius 1 is 1.24 bits per heavy atom. The highest BCUT2D eigenvalue weighted by Gasteiger charge is 2.40. The number of esters is 1. The van der Waals surface area contributed by atoms with Crippen molar-refractivity contribution in [2.75, 3.05) is 13.7 Å². The molecule has 2 aliphatic rings. The summed E-state index contributed by atoms with van der Waals surface area (Å²) < 4.78 is 15.9. The number of carbonyl (C=O) groups is 3. The lowest BCUT2D eigenvalue weighted by Gasteiger charge is -2.24. The number of aromatic hydroxyl groups is 1. The van der Waals surface area contributed by atoms with E-state index in [0.29, 0.717) is 42.6 Å². The molecule has 2 heterocycles. The van der Waals surface area contributed by atoms with Gasteiger partial charge in [-0.25, -0.2) is 14.5 Å². The Morgan fingerprint density at radius 3 is 2.65 bits per heavy atom. The minimum atomic E-state index is -0.596. The third-order valence-electron chi connectivity index (χ3n) is 7.23. The van der Waals surface area contributed by atoms with Crippen LogP contribution in [-0.2, 0) is 33.7 Å². The fourth-order valence-corrected chi connectivity index (χ4v) is 5.15. The molecule has 0 radical (unpaired) electrons. The summed E-state index contributed by atoms with van der Waals surface area (Å²) in [4.78, 5) is 39.4. The van der Waals surface area contributed by atoms with Crippen LogP contribution in [0.5, 0.6) is 11.5 Å². The zero-order chi connectivity index (χ0) is 26.7. The number of fused-ring (bicyclic) bond motifs is 1. The molecule has 1 fully saturated rings. The van der Waals surface area contributed by atoms with Gasteiger partial charge in [0.1, 0.15) is 30.3 Å². The summed E-state index contributed by atoms with van der Waals surface area (Å²) in [5, 5.41) is 10.8. The maximum atomic E-state index is 13.4. The lowest BCUT2D eigenvalue weighted by molar-refractivity contribution is -0.133. The van der Waals surface area contributed by atoms with Gasteiger partial charge < -0.3 is 19.3 Å². The van der Waals surface area contributed by atoms with Gasteiger partial charge in [0.25, 0.3) is 0 Å². The molecule has 196 valence electrons. The van der Waals surface area contributed by atoms with E-state index in [1.807, 2.05) is 57.2 Å². The topological polar surface area (TPSA) is 102 Å². The van der Waals surface area contributed by atoms with Gasteiger partial charge in [-0.2, -0.15) is 0 Å². The molecule has 2 atom stereocenters. The van der Waals surface area contributed by atoms with Crippen LogP contribution in [0.2, 0.25) is 0 Å². The molecule has 1 saturated heterocycles. The van der Waals surface area contributed by atoms with E-state index in [1.54, 1.807) is 0 Å². The van der Waals surface area contributed by atoms with Crippen LogP contribution >= 0.6 is 0 Å². The standard InChI is InChI=1S/C29H33NO7/c1-5-20(27(32)30-21(15-37-29(30)34)14-19-9-7-6-8-10-19)13-17(2)11-12-22-25(31)24-23(16-36-28(24)33)18(3)26(22)35-4/h6-11,20-21,31H,5,12-16H2,1-4H3/b17-11+. The van der Waals surface area contributed by atoms with Gasteiger partial charge in [0.05, 0.1) is 13.2 Å². The Balaban J connectivity index is 1.50. The summed E-state index contributed by atoms with van der Waals surface area (Å²) in [6.07, 6.45) is 3.19. The number of cyclic esters (lactones) is 2. The average Bonchev–Trinajstić information content (AvgIpc) is 3.46. The Bertz CT molecular complexity index is 1230. The number of phenolic OH excluding ortho intramolecular Hbond substituents is 1. The predicted octanol–water partition coefficient (Wildman–Crippen LogP) is 4.87. The van der Waals surface area contributed by atoms with Crippen LogP contribution < -0.4 is 4.74 Å². The van der Waals surface area contributed by atoms with Gasteiger partial charge in [-0.15, -0.1) is 0 Å². The molecule has 0 aliphatic carbocycles. The number of allylic oxidation sites excluding steroid dienone is 2. The highest BCUT2D eigenvalue weighted by atomic mass is 16.6. The van der Waals surface area contributed by atoms with Gasteiger partial charge >= 0.3 is 12.1 Å². The van der Waals surface area contributed by atoms with Crippen molar-refractivity contribution in [1.29, 1.82) is 0 Å². The quantitative estimate of drug-likeness (QED) is 0.381. The summed E-state index contributed by atoms with van der Waals surface area (Å²) in [5.41, 5.74) is 4.06. The Morgan fingerprint density at radius 2 is 1.97 bits per heavy atom. The first-order chi connectivity index (χ1) is 17.8. The second-order valence-electron chi connectivity index (χ2n) is 9.61. The van der Waals surface area contributed by atoms with Gasteiger partial charge in [0.15, 0.2) is 0 Å². The Hall–Kier alpha value is -3.81. The monoisotopic (exact) mass is 507 g/mol. The van der Waals surface area contributed by atoms with Crippen molar-refractivity contribution in [2.24, 2.45) is 5.92 Å². The first kappa shape index (κ1) is 26.3. The lowest BCUT2D eigenvalue weighted by atomic mass is 9.92. The van der Waals surface area contributed by atoms with E-state index in [4.69, 9.17) is 14.2 Å². The maximum Gasteiger partial charge on any atom is 0.416 e. The molecule has 0 bridgehead atoms. The summed E-state index contributed by atoms with van der Waals surface area (Å²) in [5.74, 6) is -0.789. The molecular formula is C29H33NO7. The zero-order valence-corrected chi connectivity index (χ0v) is 21.7. The van der Waals surface area contributed by atoms with Crippen LogP contribution in [0.3, 0.4) is 0 Å². The normalized spacial score (nSPS) is 17.9. The van der Waals surface area contributed by atoms with Crippen molar-refractivity contribution >= 4 is 18.0 Å². The van der Waals surface area contributed by atoms with Gasteiger partial charge in [0.2, 0.25) is 5.91 Å². The number of carbonyl (C=O) groups excluding carboxylic acids is 3. The SMILES string of the molecule is CCC(C/C(C)=C/Cc1c(O)c2c(c(C)c1OC)COC2=O)C(=O)N1C(=O)OCC1Cc1ccccc1. The predicted molar refractivity (Wildman–Crippen MR) is 137 cm³/mol. The van der Waals surface area contributed by atoms with Crippen molar-refractivity contribution in [3.05, 3.63) is 69.8 Å². The Labute approximate surface area is 216 Å². The van der Waals surface area contributed by atoms with Crippen molar-refractivity contribution in [1.82, 2.24) is 4.90 Å². The fraction of sp³-hybridized carbons (Fsp3) is 0.414. The van der Waals surface area contributed by atoms with Gasteiger partial charge in [-0.1, -0.05) is 48.9 Å². The molecule has 2 amide bonds. The van der Waals surface area contributed by atoms with Crippen molar-refractivity contribution in [3.8, 4) is 11.5 Å². The van der Waals surface area contributed by atoms with E-state index in [0.717, 1.165) is 16.7 Å². The van der Waals surface area contributed by atoms with E-state index in [1.165, 1.54) is 12.0 Å². The van der Waals surface area contributed by atoms with Crippen LogP contribution in [0.25, 0.3) is 0 Å². The zero-order valence-electron chi connectivity index (χ0n) is 21.7. The van der Waals surface area contributed by atoms with Crippen LogP contribution in [0.4, 0.5) is 4.79 Å². The molecule has 1 N–H and O–H groups in total. The average molecular weight is 508 g/mol. The number of benzene rings is 2. The van der Waals surface area contributed by atoms with Crippen LogP contribution in [0, 0.1) is 12.8 Å². The van der Waals surface area contributed by atoms with E-state index in [2.05, 4.69) is 0 Å². The number of ether oxygens (including phenoxy) is 3. The molecule has 8 heteroatoms. The van der Waals surface area contributed by atoms with Crippen molar-refractivity contribution < 1.29 is 33.7 Å². The number of hydrogen-bond donors (Lipinski definition) is 1. The second kappa shape index (κ2) is 11.1. The largest absolute Gasteiger partial charge is 0.507 e. The number of nitrogens with zero attached hydrogens (tertiary/aromatic N) is 1. The van der Waals surface area contributed by atoms with E-state index in [-0.39, 0.29) is 36.5 Å². The molecule has 2 aromatic carbocycles. The molecule has 0 spiro atoms. The first-order valence-electron chi connectivity index (χ1n) is 12.5. The van der Waals surface area contributed by atoms with Crippen LogP contribution in [-0.4, -0.2) is 47.7 Å². The lowest BCUT2D eigenvalue weighted by Crippen LogP contribution is -2.43. The fourth-order valence-electron chi connectivity index (χ4n) is 5.15. The van der Waals surface area contributed by atoms with Crippen molar-refractivity contribution in [3.63, 3.8) is 0 Å².